The first-order valence-electron chi connectivity index (χ1n) is 6.77. The van der Waals surface area contributed by atoms with E-state index in [0.29, 0.717) is 5.75 Å². The molecule has 22 heavy (non-hydrogen) atoms. The maximum absolute atomic E-state index is 13.4. The van der Waals surface area contributed by atoms with E-state index in [-0.39, 0.29) is 17.0 Å². The van der Waals surface area contributed by atoms with Crippen LogP contribution in [-0.4, -0.2) is 59.5 Å². The molecule has 8 nitrogen and oxygen atoms in total. The molecule has 1 aliphatic heterocycles. The Morgan fingerprint density at radius 1 is 1.41 bits per heavy atom. The fourth-order valence-corrected chi connectivity index (χ4v) is 3.17. The van der Waals surface area contributed by atoms with Crippen LogP contribution in [0, 0.1) is 6.08 Å². The number of hydrogen-bond donors (Lipinski definition) is 3. The second kappa shape index (κ2) is 5.95. The van der Waals surface area contributed by atoms with Gasteiger partial charge < -0.3 is 20.7 Å². The highest BCUT2D eigenvalue weighted by Crippen LogP contribution is 2.33. The molecule has 3 rings (SSSR count). The van der Waals surface area contributed by atoms with Crippen LogP contribution in [0.2, 0.25) is 0 Å². The number of nitrogen functional groups attached to an aromatic ring is 1. The maximum atomic E-state index is 13.4. The third kappa shape index (κ3) is 2.51. The van der Waals surface area contributed by atoms with Gasteiger partial charge in [0.15, 0.2) is 23.2 Å². The number of fused-ring (bicyclic) bond motifs is 1. The summed E-state index contributed by atoms with van der Waals surface area (Å²) < 4.78 is 20.4. The van der Waals surface area contributed by atoms with Crippen molar-refractivity contribution < 1.29 is 19.3 Å². The predicted molar refractivity (Wildman–Crippen MR) is 78.6 cm³/mol. The lowest BCUT2D eigenvalue weighted by Gasteiger charge is -2.16. The van der Waals surface area contributed by atoms with Crippen LogP contribution in [0.1, 0.15) is 13.2 Å². The van der Waals surface area contributed by atoms with Gasteiger partial charge in [0.25, 0.3) is 0 Å². The molecule has 4 N–H and O–H groups in total. The monoisotopic (exact) mass is 329 g/mol. The van der Waals surface area contributed by atoms with Gasteiger partial charge in [-0.2, -0.15) is 26.1 Å². The molecule has 10 heteroatoms. The number of ether oxygens (including phenoxy) is 1. The van der Waals surface area contributed by atoms with Crippen molar-refractivity contribution in [3.63, 3.8) is 0 Å². The van der Waals surface area contributed by atoms with Crippen molar-refractivity contribution in [3.05, 3.63) is 12.4 Å². The highest BCUT2D eigenvalue weighted by atomic mass is 32.2. The Morgan fingerprint density at radius 2 is 2.18 bits per heavy atom. The molecule has 4 atom stereocenters. The summed E-state index contributed by atoms with van der Waals surface area (Å²) in [6.45, 7) is 1.99. The third-order valence-electron chi connectivity index (χ3n) is 3.52. The third-order valence-corrected chi connectivity index (χ3v) is 4.49. The second-order valence-electron chi connectivity index (χ2n) is 4.91. The second-order valence-corrected chi connectivity index (χ2v) is 6.23. The van der Waals surface area contributed by atoms with Crippen LogP contribution in [0.25, 0.3) is 11.2 Å². The fraction of sp³-hybridized carbons (Fsp3) is 0.583. The molecule has 3 heterocycles. The number of nitrogens with two attached hydrogens (primary N) is 1. The van der Waals surface area contributed by atoms with E-state index < -0.39 is 30.6 Å². The summed E-state index contributed by atoms with van der Waals surface area (Å²) in [5.41, 5.74) is 5.94. The lowest BCUT2D eigenvalue weighted by atomic mass is 10.1. The number of anilines is 1. The molecule has 1 aliphatic rings. The van der Waals surface area contributed by atoms with E-state index in [0.717, 1.165) is 5.75 Å². The maximum Gasteiger partial charge on any atom is 0.312 e. The van der Waals surface area contributed by atoms with Gasteiger partial charge in [-0.15, -0.1) is 0 Å². The van der Waals surface area contributed by atoms with E-state index in [9.17, 15) is 14.6 Å². The number of imidazole rings is 1. The summed E-state index contributed by atoms with van der Waals surface area (Å²) in [6, 6.07) is 0. The van der Waals surface area contributed by atoms with Crippen LogP contribution in [0.3, 0.4) is 0 Å². The Morgan fingerprint density at radius 3 is 2.91 bits per heavy atom. The minimum atomic E-state index is -1.17. The number of hydrogen-bond acceptors (Lipinski definition) is 8. The molecule has 0 spiro atoms. The lowest BCUT2D eigenvalue weighted by Crippen LogP contribution is -2.32. The largest absolute Gasteiger partial charge is 0.387 e. The average Bonchev–Trinajstić information content (AvgIpc) is 3.00. The fourth-order valence-electron chi connectivity index (χ4n) is 2.43. The molecule has 2 aromatic rings. The molecule has 0 amide bonds. The van der Waals surface area contributed by atoms with Gasteiger partial charge in [0.1, 0.15) is 12.2 Å². The average molecular weight is 329 g/mol. The molecule has 0 bridgehead atoms. The Kier molecular flexibility index (Phi) is 4.17. The van der Waals surface area contributed by atoms with Gasteiger partial charge >= 0.3 is 6.08 Å². The Balaban J connectivity index is 1.94. The van der Waals surface area contributed by atoms with Crippen LogP contribution in [-0.2, 0) is 4.74 Å². The molecule has 2 aromatic heterocycles. The summed E-state index contributed by atoms with van der Waals surface area (Å²) in [5.74, 6) is 1.33. The van der Waals surface area contributed by atoms with Gasteiger partial charge in [-0.3, -0.25) is 4.57 Å². The van der Waals surface area contributed by atoms with Gasteiger partial charge in [0, 0.05) is 5.75 Å². The van der Waals surface area contributed by atoms with Crippen molar-refractivity contribution in [2.75, 3.05) is 17.2 Å². The van der Waals surface area contributed by atoms with Gasteiger partial charge in [0.05, 0.1) is 12.4 Å². The molecular weight excluding hydrogens is 313 g/mol. The van der Waals surface area contributed by atoms with E-state index in [1.54, 1.807) is 11.8 Å². The first kappa shape index (κ1) is 15.4. The van der Waals surface area contributed by atoms with Gasteiger partial charge in [-0.1, -0.05) is 6.92 Å². The van der Waals surface area contributed by atoms with Gasteiger partial charge in [-0.25, -0.2) is 4.98 Å². The normalized spacial score (nSPS) is 28.5. The van der Waals surface area contributed by atoms with Crippen molar-refractivity contribution in [3.8, 4) is 0 Å². The zero-order valence-electron chi connectivity index (χ0n) is 11.8. The number of rotatable bonds is 4. The first-order chi connectivity index (χ1) is 10.5. The minimum Gasteiger partial charge on any atom is -0.387 e. The van der Waals surface area contributed by atoms with Crippen LogP contribution in [0.15, 0.2) is 6.33 Å². The smallest absolute Gasteiger partial charge is 0.312 e. The Bertz CT molecular complexity index is 684. The van der Waals surface area contributed by atoms with Gasteiger partial charge in [0.2, 0.25) is 0 Å². The first-order valence-corrected chi connectivity index (χ1v) is 7.93. The van der Waals surface area contributed by atoms with E-state index >= 15 is 0 Å². The van der Waals surface area contributed by atoms with Crippen LogP contribution in [0.4, 0.5) is 10.2 Å². The Labute approximate surface area is 129 Å². The standard InChI is InChI=1S/C12H16FN5O3S/c1-2-22-3-5-7(19)8(20)11(21-5)18-4-15-6-9(14)16-12(13)17-10(6)18/h4-5,7-8,11,19-20H,2-3H2,1H3,(H2,14,16,17)/t5-,7?,8?,11-/m1/s1. The summed E-state index contributed by atoms with van der Waals surface area (Å²) in [6.07, 6.45) is -3.28. The van der Waals surface area contributed by atoms with Crippen molar-refractivity contribution in [2.24, 2.45) is 0 Å². The molecule has 1 saturated heterocycles. The molecule has 0 aliphatic carbocycles. The number of aromatic nitrogens is 4. The van der Waals surface area contributed by atoms with E-state index in [1.165, 1.54) is 10.9 Å². The highest BCUT2D eigenvalue weighted by molar-refractivity contribution is 7.99. The zero-order valence-corrected chi connectivity index (χ0v) is 12.6. The topological polar surface area (TPSA) is 119 Å². The molecule has 2 unspecified atom stereocenters. The number of thioether (sulfide) groups is 1. The molecule has 0 radical (unpaired) electrons. The lowest BCUT2D eigenvalue weighted by molar-refractivity contribution is -0.0289. The van der Waals surface area contributed by atoms with E-state index in [1.807, 2.05) is 6.92 Å². The predicted octanol–water partition coefficient (Wildman–Crippen LogP) is -0.0801. The summed E-state index contributed by atoms with van der Waals surface area (Å²) in [5, 5.41) is 20.3. The van der Waals surface area contributed by atoms with Crippen molar-refractivity contribution in [2.45, 2.75) is 31.5 Å². The van der Waals surface area contributed by atoms with Crippen molar-refractivity contribution >= 4 is 28.7 Å². The molecule has 0 saturated carbocycles. The van der Waals surface area contributed by atoms with Crippen molar-refractivity contribution in [1.82, 2.24) is 19.5 Å². The highest BCUT2D eigenvalue weighted by Gasteiger charge is 2.44. The number of halogens is 1. The summed E-state index contributed by atoms with van der Waals surface area (Å²) in [7, 11) is 0. The van der Waals surface area contributed by atoms with Crippen LogP contribution < -0.4 is 5.73 Å². The van der Waals surface area contributed by atoms with E-state index in [2.05, 4.69) is 15.0 Å². The van der Waals surface area contributed by atoms with Crippen molar-refractivity contribution in [1.29, 1.82) is 0 Å². The number of aliphatic hydroxyl groups is 2. The molecule has 0 aromatic carbocycles. The SMILES string of the molecule is CCSC[C@H]1O[C@@H](n2cnc3c(N)nc(F)nc32)C(O)C1O. The van der Waals surface area contributed by atoms with Crippen LogP contribution in [0.5, 0.6) is 0 Å². The molecule has 1 fully saturated rings. The minimum absolute atomic E-state index is 0.0904. The number of aliphatic hydroxyl groups excluding tert-OH is 2. The summed E-state index contributed by atoms with van der Waals surface area (Å²) >= 11 is 1.59. The van der Waals surface area contributed by atoms with E-state index in [4.69, 9.17) is 10.5 Å². The van der Waals surface area contributed by atoms with Gasteiger partial charge in [-0.05, 0) is 5.75 Å². The van der Waals surface area contributed by atoms with Crippen LogP contribution >= 0.6 is 11.8 Å². The Hall–Kier alpha value is -1.49. The number of nitrogens with zero attached hydrogens (tertiary/aromatic N) is 4. The zero-order chi connectivity index (χ0) is 15.9. The summed E-state index contributed by atoms with van der Waals surface area (Å²) in [4.78, 5) is 11.1. The quantitative estimate of drug-likeness (QED) is 0.666. The molecular formula is C12H16FN5O3S. The molecule has 120 valence electrons.